The molecule has 0 aliphatic carbocycles. The van der Waals surface area contributed by atoms with Crippen LogP contribution in [0.5, 0.6) is 0 Å². The Balaban J connectivity index is 1.69. The normalized spacial score (nSPS) is 10.6. The van der Waals surface area contributed by atoms with Crippen molar-refractivity contribution in [2.75, 3.05) is 10.6 Å². The summed E-state index contributed by atoms with van der Waals surface area (Å²) < 4.78 is 13.4. The van der Waals surface area contributed by atoms with Crippen molar-refractivity contribution in [1.29, 1.82) is 0 Å². The summed E-state index contributed by atoms with van der Waals surface area (Å²) in [5.41, 5.74) is 2.43. The summed E-state index contributed by atoms with van der Waals surface area (Å²) in [6, 6.07) is 11.2. The van der Waals surface area contributed by atoms with Crippen LogP contribution in [-0.2, 0) is 6.54 Å². The Morgan fingerprint density at radius 1 is 1.09 bits per heavy atom. The third kappa shape index (κ3) is 4.96. The van der Waals surface area contributed by atoms with Gasteiger partial charge in [0.25, 0.3) is 0 Å². The van der Waals surface area contributed by atoms with Crippen LogP contribution in [0.4, 0.5) is 21.8 Å². The summed E-state index contributed by atoms with van der Waals surface area (Å²) in [6.07, 6.45) is 6.03. The molecule has 0 aliphatic heterocycles. The molecule has 0 amide bonds. The molecule has 0 saturated carbocycles. The standard InChI is InChI=1S/C22H16ClFN6O2/c23-18-8-15(4-5-19(18)24)29-22-28-12-17(13-7-14(21(31)32)10-25-9-13)20(30-22)27-11-16-3-1-2-6-26-16/h1-10,12H,11H2,(H,31,32)(H2,27,28,29,30). The molecule has 4 aromatic rings. The molecule has 3 aromatic heterocycles. The maximum atomic E-state index is 13.4. The van der Waals surface area contributed by atoms with Crippen LogP contribution in [0.2, 0.25) is 5.02 Å². The lowest BCUT2D eigenvalue weighted by molar-refractivity contribution is 0.0696. The minimum atomic E-state index is -1.09. The molecule has 4 rings (SSSR count). The van der Waals surface area contributed by atoms with Crippen molar-refractivity contribution in [1.82, 2.24) is 19.9 Å². The van der Waals surface area contributed by atoms with E-state index in [1.807, 2.05) is 18.2 Å². The van der Waals surface area contributed by atoms with E-state index < -0.39 is 11.8 Å². The van der Waals surface area contributed by atoms with E-state index in [0.717, 1.165) is 5.69 Å². The molecule has 3 N–H and O–H groups in total. The molecule has 160 valence electrons. The zero-order valence-electron chi connectivity index (χ0n) is 16.5. The zero-order valence-corrected chi connectivity index (χ0v) is 17.2. The minimum absolute atomic E-state index is 0.0309. The van der Waals surface area contributed by atoms with Crippen LogP contribution in [0.25, 0.3) is 11.1 Å². The predicted octanol–water partition coefficient (Wildman–Crippen LogP) is 4.78. The molecule has 8 nitrogen and oxygen atoms in total. The summed E-state index contributed by atoms with van der Waals surface area (Å²) in [5.74, 6) is -0.945. The maximum Gasteiger partial charge on any atom is 0.337 e. The van der Waals surface area contributed by atoms with Crippen molar-refractivity contribution in [3.63, 3.8) is 0 Å². The van der Waals surface area contributed by atoms with Gasteiger partial charge in [-0.15, -0.1) is 0 Å². The van der Waals surface area contributed by atoms with Gasteiger partial charge in [-0.05, 0) is 36.4 Å². The first-order valence-corrected chi connectivity index (χ1v) is 9.79. The Labute approximate surface area is 187 Å². The molecule has 0 fully saturated rings. The highest BCUT2D eigenvalue weighted by Gasteiger charge is 2.13. The van der Waals surface area contributed by atoms with Gasteiger partial charge >= 0.3 is 5.97 Å². The number of pyridine rings is 2. The number of hydrogen-bond donors (Lipinski definition) is 3. The highest BCUT2D eigenvalue weighted by Crippen LogP contribution is 2.29. The lowest BCUT2D eigenvalue weighted by atomic mass is 10.1. The number of hydrogen-bond acceptors (Lipinski definition) is 7. The molecular formula is C22H16ClFN6O2. The zero-order chi connectivity index (χ0) is 22.5. The topological polar surface area (TPSA) is 113 Å². The molecule has 3 heterocycles. The molecule has 0 spiro atoms. The molecule has 0 radical (unpaired) electrons. The monoisotopic (exact) mass is 450 g/mol. The minimum Gasteiger partial charge on any atom is -0.478 e. The van der Waals surface area contributed by atoms with E-state index >= 15 is 0 Å². The summed E-state index contributed by atoms with van der Waals surface area (Å²) >= 11 is 5.84. The molecule has 32 heavy (non-hydrogen) atoms. The summed E-state index contributed by atoms with van der Waals surface area (Å²) in [5, 5.41) is 15.4. The van der Waals surface area contributed by atoms with Crippen molar-refractivity contribution in [3.05, 3.63) is 89.3 Å². The number of nitrogens with one attached hydrogen (secondary N) is 2. The lowest BCUT2D eigenvalue weighted by Gasteiger charge is -2.13. The van der Waals surface area contributed by atoms with E-state index in [0.29, 0.717) is 29.2 Å². The van der Waals surface area contributed by atoms with Crippen molar-refractivity contribution in [3.8, 4) is 11.1 Å². The molecule has 1 aromatic carbocycles. The molecule has 0 atom stereocenters. The quantitative estimate of drug-likeness (QED) is 0.368. The van der Waals surface area contributed by atoms with Crippen LogP contribution in [0.3, 0.4) is 0 Å². The van der Waals surface area contributed by atoms with Gasteiger partial charge in [0.2, 0.25) is 5.95 Å². The highest BCUT2D eigenvalue weighted by molar-refractivity contribution is 6.31. The fourth-order valence-corrected chi connectivity index (χ4v) is 3.05. The largest absolute Gasteiger partial charge is 0.478 e. The van der Waals surface area contributed by atoms with E-state index in [2.05, 4.69) is 30.6 Å². The number of carboxylic acid groups (broad SMARTS) is 1. The number of carboxylic acids is 1. The Morgan fingerprint density at radius 3 is 2.72 bits per heavy atom. The third-order valence-corrected chi connectivity index (χ3v) is 4.71. The van der Waals surface area contributed by atoms with E-state index in [-0.39, 0.29) is 16.5 Å². The second kappa shape index (κ2) is 9.36. The van der Waals surface area contributed by atoms with Crippen LogP contribution in [-0.4, -0.2) is 31.0 Å². The Morgan fingerprint density at radius 2 is 1.97 bits per heavy atom. The lowest BCUT2D eigenvalue weighted by Crippen LogP contribution is -2.08. The number of halogens is 2. The molecule has 10 heteroatoms. The van der Waals surface area contributed by atoms with Crippen LogP contribution in [0.1, 0.15) is 16.1 Å². The Kier molecular flexibility index (Phi) is 6.18. The van der Waals surface area contributed by atoms with E-state index in [4.69, 9.17) is 11.6 Å². The van der Waals surface area contributed by atoms with Gasteiger partial charge < -0.3 is 15.7 Å². The number of aromatic nitrogens is 4. The van der Waals surface area contributed by atoms with Crippen molar-refractivity contribution in [2.45, 2.75) is 6.54 Å². The molecular weight excluding hydrogens is 435 g/mol. The fourth-order valence-electron chi connectivity index (χ4n) is 2.87. The van der Waals surface area contributed by atoms with Gasteiger partial charge in [0.1, 0.15) is 11.6 Å². The highest BCUT2D eigenvalue weighted by atomic mass is 35.5. The Bertz CT molecular complexity index is 1270. The number of benzene rings is 1. The average Bonchev–Trinajstić information content (AvgIpc) is 2.81. The fraction of sp³-hybridized carbons (Fsp3) is 0.0455. The summed E-state index contributed by atoms with van der Waals surface area (Å²) in [4.78, 5) is 28.4. The predicted molar refractivity (Wildman–Crippen MR) is 118 cm³/mol. The van der Waals surface area contributed by atoms with Crippen LogP contribution in [0, 0.1) is 5.82 Å². The Hall–Kier alpha value is -4.11. The average molecular weight is 451 g/mol. The van der Waals surface area contributed by atoms with Gasteiger partial charge in [-0.25, -0.2) is 14.2 Å². The smallest absolute Gasteiger partial charge is 0.337 e. The number of carbonyl (C=O) groups is 1. The van der Waals surface area contributed by atoms with Gasteiger partial charge in [-0.1, -0.05) is 17.7 Å². The first-order valence-electron chi connectivity index (χ1n) is 9.41. The summed E-state index contributed by atoms with van der Waals surface area (Å²) in [7, 11) is 0. The molecule has 0 aliphatic rings. The van der Waals surface area contributed by atoms with Crippen LogP contribution < -0.4 is 10.6 Å². The molecule has 0 unspecified atom stereocenters. The molecule has 0 saturated heterocycles. The van der Waals surface area contributed by atoms with E-state index in [1.54, 1.807) is 12.4 Å². The number of rotatable bonds is 7. The number of aromatic carboxylic acids is 1. The van der Waals surface area contributed by atoms with E-state index in [1.165, 1.54) is 36.7 Å². The van der Waals surface area contributed by atoms with Crippen molar-refractivity contribution in [2.24, 2.45) is 0 Å². The summed E-state index contributed by atoms with van der Waals surface area (Å²) in [6.45, 7) is 0.374. The second-order valence-corrected chi connectivity index (χ2v) is 7.06. The van der Waals surface area contributed by atoms with E-state index in [9.17, 15) is 14.3 Å². The maximum absolute atomic E-state index is 13.4. The van der Waals surface area contributed by atoms with Gasteiger partial charge in [0.05, 0.1) is 22.8 Å². The second-order valence-electron chi connectivity index (χ2n) is 6.65. The SMILES string of the molecule is O=C(O)c1cncc(-c2cnc(Nc3ccc(F)c(Cl)c3)nc2NCc2ccccn2)c1. The van der Waals surface area contributed by atoms with Gasteiger partial charge in [0.15, 0.2) is 0 Å². The first-order chi connectivity index (χ1) is 15.5. The third-order valence-electron chi connectivity index (χ3n) is 4.42. The number of nitrogens with zero attached hydrogens (tertiary/aromatic N) is 4. The first kappa shape index (κ1) is 21.1. The molecule has 0 bridgehead atoms. The van der Waals surface area contributed by atoms with Crippen LogP contribution in [0.15, 0.2) is 67.3 Å². The van der Waals surface area contributed by atoms with Gasteiger partial charge in [-0.2, -0.15) is 4.98 Å². The van der Waals surface area contributed by atoms with Crippen molar-refractivity contribution >= 4 is 35.0 Å². The number of anilines is 3. The van der Waals surface area contributed by atoms with Crippen molar-refractivity contribution < 1.29 is 14.3 Å². The van der Waals surface area contributed by atoms with Crippen LogP contribution >= 0.6 is 11.6 Å². The van der Waals surface area contributed by atoms with Gasteiger partial charge in [-0.3, -0.25) is 9.97 Å². The van der Waals surface area contributed by atoms with Gasteiger partial charge in [0, 0.05) is 41.6 Å².